The lowest BCUT2D eigenvalue weighted by Crippen LogP contribution is -2.32. The van der Waals surface area contributed by atoms with E-state index in [-0.39, 0.29) is 33.4 Å². The van der Waals surface area contributed by atoms with Gasteiger partial charge in [0.05, 0.1) is 47.1 Å². The molecule has 0 amide bonds. The van der Waals surface area contributed by atoms with E-state index >= 15 is 0 Å². The van der Waals surface area contributed by atoms with E-state index in [1.54, 1.807) is 22.8 Å². The van der Waals surface area contributed by atoms with Gasteiger partial charge in [-0.05, 0) is 118 Å². The maximum atomic E-state index is 9.06. The van der Waals surface area contributed by atoms with E-state index < -0.39 is 60.4 Å². The first kappa shape index (κ1) is 29.1. The first-order valence-corrected chi connectivity index (χ1v) is 20.8. The quantitative estimate of drug-likeness (QED) is 0.107. The largest absolute Gasteiger partial charge is 0.458 e. The Labute approximate surface area is 378 Å². The second kappa shape index (κ2) is 15.7. The molecule has 0 spiro atoms. The molecule has 3 heterocycles. The van der Waals surface area contributed by atoms with Crippen LogP contribution in [-0.4, -0.2) is 14.1 Å². The average molecular weight is 817 g/mol. The van der Waals surface area contributed by atoms with E-state index in [4.69, 9.17) is 23.4 Å². The minimum absolute atomic E-state index is 0.0626. The number of hydrogen-bond acceptors (Lipinski definition) is 2. The molecule has 0 unspecified atom stereocenters. The number of ether oxygens (including phenoxy) is 1. The van der Waals surface area contributed by atoms with Crippen LogP contribution in [0.3, 0.4) is 0 Å². The van der Waals surface area contributed by atoms with Crippen molar-refractivity contribution in [1.82, 2.24) is 14.1 Å². The topological polar surface area (TPSA) is 35.9 Å². The highest BCUT2D eigenvalue weighted by molar-refractivity contribution is 6.09. The number of aromatic nitrogens is 4. The Kier molecular flexibility index (Phi) is 7.35. The number of benzene rings is 7. The van der Waals surface area contributed by atoms with Crippen molar-refractivity contribution in [3.8, 4) is 50.9 Å². The van der Waals surface area contributed by atoms with Crippen LogP contribution in [0, 0.1) is 19.2 Å². The fourth-order valence-corrected chi connectivity index (χ4v) is 8.42. The molecule has 10 rings (SSSR count). The van der Waals surface area contributed by atoms with Crippen molar-refractivity contribution >= 4 is 32.8 Å². The maximum Gasteiger partial charge on any atom is 0.269 e. The van der Waals surface area contributed by atoms with Crippen molar-refractivity contribution in [2.75, 3.05) is 0 Å². The van der Waals surface area contributed by atoms with Gasteiger partial charge in [-0.15, -0.1) is 0 Å². The Hall–Kier alpha value is -7.24. The molecular weight excluding hydrogens is 757 g/mol. The van der Waals surface area contributed by atoms with Crippen molar-refractivity contribution in [3.63, 3.8) is 0 Å². The maximum absolute atomic E-state index is 9.06. The van der Waals surface area contributed by atoms with E-state index in [0.717, 1.165) is 39.6 Å². The molecule has 0 aliphatic rings. The van der Waals surface area contributed by atoms with Gasteiger partial charge in [-0.2, -0.15) is 0 Å². The van der Waals surface area contributed by atoms with Crippen molar-refractivity contribution in [2.45, 2.75) is 53.4 Å². The van der Waals surface area contributed by atoms with Crippen LogP contribution < -0.4 is 9.30 Å². The zero-order valence-corrected chi connectivity index (χ0v) is 35.5. The number of para-hydroxylation sites is 2. The molecule has 62 heavy (non-hydrogen) atoms. The molecule has 0 radical (unpaired) electrons. The van der Waals surface area contributed by atoms with Crippen molar-refractivity contribution < 1.29 is 23.0 Å². The number of hydrogen-bond donors (Lipinski definition) is 0. The Morgan fingerprint density at radius 2 is 1.39 bits per heavy atom. The third-order valence-corrected chi connectivity index (χ3v) is 11.3. The summed E-state index contributed by atoms with van der Waals surface area (Å²) in [6, 6.07) is 29.9. The van der Waals surface area contributed by atoms with E-state index in [1.165, 1.54) is 11.1 Å². The molecule has 0 saturated carbocycles. The summed E-state index contributed by atoms with van der Waals surface area (Å²) in [6.07, 6.45) is 6.28. The summed E-state index contributed by atoms with van der Waals surface area (Å²) in [4.78, 5) is 4.89. The Morgan fingerprint density at radius 1 is 0.694 bits per heavy atom. The van der Waals surface area contributed by atoms with E-state index in [9.17, 15) is 0 Å². The number of imidazole rings is 1. The molecule has 0 bridgehead atoms. The van der Waals surface area contributed by atoms with E-state index in [0.29, 0.717) is 34.1 Å². The summed E-state index contributed by atoms with van der Waals surface area (Å²) in [5, 5.41) is 2.18. The first-order chi connectivity index (χ1) is 34.2. The van der Waals surface area contributed by atoms with E-state index in [2.05, 4.69) is 81.9 Å². The predicted molar refractivity (Wildman–Crippen MR) is 255 cm³/mol. The highest BCUT2D eigenvalue weighted by atomic mass is 16.5. The van der Waals surface area contributed by atoms with Gasteiger partial charge in [-0.3, -0.25) is 13.7 Å². The molecule has 5 nitrogen and oxygen atoms in total. The lowest BCUT2D eigenvalue weighted by molar-refractivity contribution is -0.571. The van der Waals surface area contributed by atoms with Crippen molar-refractivity contribution in [2.24, 2.45) is 5.92 Å². The molecule has 3 aromatic heterocycles. The summed E-state index contributed by atoms with van der Waals surface area (Å²) < 4.78 is 99.8. The lowest BCUT2D eigenvalue weighted by Gasteiger charge is -2.19. The summed E-state index contributed by atoms with van der Waals surface area (Å²) in [7, 11) is 0. The first-order valence-electron chi connectivity index (χ1n) is 25.8. The van der Waals surface area contributed by atoms with Gasteiger partial charge in [-0.25, -0.2) is 4.98 Å². The van der Waals surface area contributed by atoms with E-state index in [1.807, 2.05) is 72.3 Å². The van der Waals surface area contributed by atoms with Crippen LogP contribution in [0.25, 0.3) is 72.3 Å². The molecule has 5 heteroatoms. The molecule has 7 aromatic carbocycles. The minimum Gasteiger partial charge on any atom is -0.458 e. The number of pyridine rings is 1. The minimum atomic E-state index is -0.563. The smallest absolute Gasteiger partial charge is 0.269 e. The standard InChI is InChI=1S/C57H50N4O/c1-38(2)32-40-30-31-58-54(33-40)61-51-29-26-43(57(4,5)6)34-50(51)49-28-27-46(36-53(49)61)62-45-22-14-21-44(35-45)59-37-60(55-39(3)16-13-25-52(55)59)56-47(41-17-9-7-10-18-41)23-15-24-48(56)42-19-11-8-12-20-42/h7-31,33-36,38H,32H2,1-6H3/i7D,8D,9D,10D,11D,12D,17D,18D,19D,20D. The number of fused-ring (bicyclic) bond motifs is 4. The second-order valence-electron chi connectivity index (χ2n) is 17.1. The molecule has 304 valence electrons. The summed E-state index contributed by atoms with van der Waals surface area (Å²) in [6.45, 7) is 13.0. The highest BCUT2D eigenvalue weighted by Crippen LogP contribution is 2.39. The zero-order valence-electron chi connectivity index (χ0n) is 45.5. The normalized spacial score (nSPS) is 14.2. The van der Waals surface area contributed by atoms with Crippen LogP contribution in [-0.2, 0) is 11.8 Å². The fourth-order valence-electron chi connectivity index (χ4n) is 8.42. The second-order valence-corrected chi connectivity index (χ2v) is 17.1. The van der Waals surface area contributed by atoms with Gasteiger partial charge in [0.15, 0.2) is 0 Å². The SMILES string of the molecule is [2H]c1c([2H])c([2H])c(-c2cccc(-c3c([2H])c([2H])c([2H])c([2H])c3[2H])c2-[n+]2[c-]n(-c3cccc(Oc4ccc5c6cc(C(C)(C)C)ccc6n(-c6cc(CC(C)C)ccn6)c5c4)c3)c3cccc(C)c32)c([2H])c1[2H]. The number of rotatable bonds is 9. The zero-order chi connectivity index (χ0) is 51.2. The van der Waals surface area contributed by atoms with Gasteiger partial charge < -0.3 is 4.74 Å². The van der Waals surface area contributed by atoms with Crippen LogP contribution in [0.5, 0.6) is 11.5 Å². The Bertz CT molecular complexity index is 3720. The van der Waals surface area contributed by atoms with Crippen molar-refractivity contribution in [3.05, 3.63) is 199 Å². The summed E-state index contributed by atoms with van der Waals surface area (Å²) >= 11 is 0. The Morgan fingerprint density at radius 3 is 2.10 bits per heavy atom. The molecule has 0 atom stereocenters. The summed E-state index contributed by atoms with van der Waals surface area (Å²) in [5.41, 5.74) is 7.32. The van der Waals surface area contributed by atoms with Crippen LogP contribution in [0.15, 0.2) is 176 Å². The third kappa shape index (κ3) is 7.13. The van der Waals surface area contributed by atoms with Gasteiger partial charge in [0.25, 0.3) is 6.33 Å². The monoisotopic (exact) mass is 816 g/mol. The van der Waals surface area contributed by atoms with Crippen LogP contribution in [0.4, 0.5) is 0 Å². The van der Waals surface area contributed by atoms with Gasteiger partial charge in [0.2, 0.25) is 0 Å². The summed E-state index contributed by atoms with van der Waals surface area (Å²) in [5.74, 6) is 2.41. The Balaban J connectivity index is 1.16. The molecule has 0 aliphatic carbocycles. The molecule has 0 N–H and O–H groups in total. The van der Waals surface area contributed by atoms with Gasteiger partial charge in [0, 0.05) is 23.0 Å². The third-order valence-electron chi connectivity index (χ3n) is 11.3. The van der Waals surface area contributed by atoms with Crippen molar-refractivity contribution in [1.29, 1.82) is 0 Å². The molecular formula is C57H50N4O. The van der Waals surface area contributed by atoms with Crippen LogP contribution >= 0.6 is 0 Å². The van der Waals surface area contributed by atoms with Crippen LogP contribution in [0.2, 0.25) is 0 Å². The lowest BCUT2D eigenvalue weighted by atomic mass is 9.86. The highest BCUT2D eigenvalue weighted by Gasteiger charge is 2.22. The van der Waals surface area contributed by atoms with Gasteiger partial charge in [-0.1, -0.05) is 144 Å². The molecule has 0 fully saturated rings. The number of nitrogens with zero attached hydrogens (tertiary/aromatic N) is 4. The molecule has 10 aromatic rings. The van der Waals surface area contributed by atoms with Gasteiger partial charge in [0.1, 0.15) is 17.3 Å². The predicted octanol–water partition coefficient (Wildman–Crippen LogP) is 14.1. The molecule has 0 saturated heterocycles. The molecule has 0 aliphatic heterocycles. The average Bonchev–Trinajstić information content (AvgIpc) is 3.90. The fraction of sp³-hybridized carbons (Fsp3) is 0.158. The number of aryl methyl sites for hydroxylation is 1. The van der Waals surface area contributed by atoms with Gasteiger partial charge >= 0.3 is 0 Å². The van der Waals surface area contributed by atoms with Crippen LogP contribution in [0.1, 0.15) is 65.0 Å².